The van der Waals surface area contributed by atoms with E-state index < -0.39 is 18.0 Å². The van der Waals surface area contributed by atoms with Gasteiger partial charge in [-0.2, -0.15) is 0 Å². The largest absolute Gasteiger partial charge is 0 e. The first kappa shape index (κ1) is 33.5. The predicted octanol–water partition coefficient (Wildman–Crippen LogP) is -0.226. The van der Waals surface area contributed by atoms with E-state index in [1.807, 2.05) is 11.6 Å². The van der Waals surface area contributed by atoms with Gasteiger partial charge in [-0.15, -0.1) is 0 Å². The van der Waals surface area contributed by atoms with Gasteiger partial charge >= 0.3 is 45.8 Å². The van der Waals surface area contributed by atoms with E-state index in [4.69, 9.17) is 29.9 Å². The zero-order chi connectivity index (χ0) is 21.8. The summed E-state index contributed by atoms with van der Waals surface area (Å²) >= 11 is 0. The summed E-state index contributed by atoms with van der Waals surface area (Å²) in [6.45, 7) is 14.4. The number of nitrogens with two attached hydrogens (primary N) is 1. The molecule has 1 atom stereocenters. The summed E-state index contributed by atoms with van der Waals surface area (Å²) in [5, 5.41) is 17.6. The van der Waals surface area contributed by atoms with Crippen molar-refractivity contribution < 1.29 is 53.9 Å². The summed E-state index contributed by atoms with van der Waals surface area (Å²) in [7, 11) is 1.85. The number of imidazole rings is 1. The molecule has 0 amide bonds. The van der Waals surface area contributed by atoms with E-state index in [0.717, 1.165) is 5.82 Å². The van der Waals surface area contributed by atoms with Crippen LogP contribution in [0, 0.1) is 20.0 Å². The molecule has 0 spiro atoms. The van der Waals surface area contributed by atoms with Crippen molar-refractivity contribution in [1.29, 1.82) is 0 Å². The summed E-state index contributed by atoms with van der Waals surface area (Å²) in [6, 6.07) is -0.854. The number of aliphatic carboxylic acids is 2. The molecule has 4 N–H and O–H groups in total. The molecule has 1 unspecified atom stereocenters. The molecule has 0 fully saturated rings. The van der Waals surface area contributed by atoms with Gasteiger partial charge in [0.15, 0.2) is 0 Å². The number of nitrogens with zero attached hydrogens (tertiary/aromatic N) is 3. The van der Waals surface area contributed by atoms with Crippen molar-refractivity contribution in [2.24, 2.45) is 12.8 Å². The molecule has 0 bridgehead atoms. The number of carbonyl (C=O) groups is 2. The van der Waals surface area contributed by atoms with Crippen molar-refractivity contribution in [2.45, 2.75) is 31.8 Å². The minimum atomic E-state index is -1.01. The quantitative estimate of drug-likeness (QED) is 0.235. The Balaban J connectivity index is -0.000000374. The monoisotopic (exact) mass is 479 g/mol. The average molecular weight is 480 g/mol. The zero-order valence-corrected chi connectivity index (χ0v) is 17.1. The van der Waals surface area contributed by atoms with E-state index >= 15 is 0 Å². The van der Waals surface area contributed by atoms with E-state index in [1.54, 1.807) is 17.3 Å². The summed E-state index contributed by atoms with van der Waals surface area (Å²) in [6.07, 6.45) is 5.20. The molecule has 0 aromatic carbocycles. The van der Waals surface area contributed by atoms with Gasteiger partial charge in [0.05, 0.1) is 13.1 Å². The van der Waals surface area contributed by atoms with Gasteiger partial charge in [-0.1, -0.05) is 6.42 Å². The Morgan fingerprint density at radius 2 is 1.75 bits per heavy atom. The first-order chi connectivity index (χ1) is 12.9. The van der Waals surface area contributed by atoms with E-state index in [-0.39, 0.29) is 26.7 Å². The van der Waals surface area contributed by atoms with Crippen LogP contribution in [0.5, 0.6) is 0 Å². The number of unbranched alkanes of at least 4 members (excludes halogenated alkanes) is 1. The third-order valence-electron chi connectivity index (χ3n) is 3.20. The summed E-state index contributed by atoms with van der Waals surface area (Å²) in [4.78, 5) is 27.4. The molecule has 1 rings (SSSR count). The second-order valence-electron chi connectivity index (χ2n) is 5.00. The third-order valence-corrected chi connectivity index (χ3v) is 3.20. The molecule has 1 heterocycles. The molecule has 1 aromatic rings. The van der Waals surface area contributed by atoms with Crippen LogP contribution in [0.4, 0.5) is 0 Å². The maximum Gasteiger partial charge on any atom is 0 e. The fraction of sp³-hybridized carbons (Fsp3) is 0.500. The van der Waals surface area contributed by atoms with Crippen molar-refractivity contribution >= 4 is 11.9 Å². The number of carboxylic acid groups (broad SMARTS) is 2. The van der Waals surface area contributed by atoms with Crippen molar-refractivity contribution in [1.82, 2.24) is 14.5 Å². The van der Waals surface area contributed by atoms with E-state index in [0.29, 0.717) is 32.4 Å². The molecular weight excluding hydrogens is 458 g/mol. The molecule has 0 saturated heterocycles. The van der Waals surface area contributed by atoms with Crippen molar-refractivity contribution in [3.8, 4) is 0 Å². The minimum Gasteiger partial charge on any atom is 0 e. The normalized spacial score (nSPS) is 9.61. The third kappa shape index (κ3) is 17.4. The smallest absolute Gasteiger partial charge is 0 e. The van der Waals surface area contributed by atoms with Crippen LogP contribution in [0.25, 0.3) is 0 Å². The van der Waals surface area contributed by atoms with Crippen molar-refractivity contribution in [2.75, 3.05) is 13.1 Å². The van der Waals surface area contributed by atoms with Crippen LogP contribution in [0.3, 0.4) is 0 Å². The van der Waals surface area contributed by atoms with Crippen LogP contribution in [0.15, 0.2) is 12.4 Å². The minimum absolute atomic E-state index is 0. The number of carboxylic acids is 2. The molecule has 0 aliphatic rings. The predicted molar refractivity (Wildman–Crippen MR) is 87.4 cm³/mol. The van der Waals surface area contributed by atoms with Gasteiger partial charge < -0.3 is 20.5 Å². The Morgan fingerprint density at radius 3 is 2.14 bits per heavy atom. The van der Waals surface area contributed by atoms with Crippen LogP contribution >= 0.6 is 0 Å². The van der Waals surface area contributed by atoms with Gasteiger partial charge in [0.2, 0.25) is 0 Å². The Morgan fingerprint density at radius 1 is 1.21 bits per heavy atom. The SMILES string of the molecule is Cn1ccnc1CN(CCCCC(N)C(=O)O)CC(=O)O.[C-]#[O+].[C-]#[O+].[C-]#[O+].[Tc]. The van der Waals surface area contributed by atoms with Gasteiger partial charge in [0.1, 0.15) is 11.9 Å². The molecule has 0 aliphatic carbocycles. The van der Waals surface area contributed by atoms with Crippen LogP contribution in [0.1, 0.15) is 25.1 Å². The Hall–Kier alpha value is -2.06. The van der Waals surface area contributed by atoms with Crippen molar-refractivity contribution in [3.05, 3.63) is 38.2 Å². The summed E-state index contributed by atoms with van der Waals surface area (Å²) in [5.41, 5.74) is 5.42. The molecule has 0 aliphatic heterocycles. The van der Waals surface area contributed by atoms with Crippen molar-refractivity contribution in [3.63, 3.8) is 0 Å². The van der Waals surface area contributed by atoms with E-state index in [1.165, 1.54) is 0 Å². The second kappa shape index (κ2) is 23.0. The molecule has 28 heavy (non-hydrogen) atoms. The molecular formula is C16H22N4O7Tc. The molecule has 1 aromatic heterocycles. The maximum atomic E-state index is 10.9. The molecule has 12 heteroatoms. The molecule has 11 nitrogen and oxygen atoms in total. The van der Waals surface area contributed by atoms with Crippen LogP contribution in [-0.2, 0) is 57.2 Å². The number of hydrogen-bond donors (Lipinski definition) is 3. The average Bonchev–Trinajstić information content (AvgIpc) is 3.07. The number of aryl methyl sites for hydroxylation is 1. The van der Waals surface area contributed by atoms with Crippen LogP contribution < -0.4 is 5.73 Å². The van der Waals surface area contributed by atoms with Gasteiger partial charge in [0, 0.05) is 39.5 Å². The van der Waals surface area contributed by atoms with Gasteiger partial charge in [0.25, 0.3) is 0 Å². The number of hydrogen-bond acceptors (Lipinski definition) is 5. The fourth-order valence-corrected chi connectivity index (χ4v) is 1.98. The second-order valence-corrected chi connectivity index (χ2v) is 5.00. The topological polar surface area (TPSA) is 181 Å². The number of rotatable bonds is 10. The van der Waals surface area contributed by atoms with Crippen LogP contribution in [0.2, 0.25) is 0 Å². The molecule has 1 radical (unpaired) electrons. The summed E-state index contributed by atoms with van der Waals surface area (Å²) in [5.74, 6) is -1.12. The standard InChI is InChI=1S/C13H22N4O4.3CO.Tc/c1-16-7-5-15-11(16)8-17(9-12(18)19)6-3-2-4-10(14)13(20)21;3*1-2;/h5,7,10H,2-4,6,8-9,14H2,1H3,(H,18,19)(H,20,21);;;;. The number of aromatic nitrogens is 2. The first-order valence-corrected chi connectivity index (χ1v) is 7.40. The molecule has 0 saturated carbocycles. The Bertz CT molecular complexity index is 587. The fourth-order valence-electron chi connectivity index (χ4n) is 1.98. The summed E-state index contributed by atoms with van der Waals surface area (Å²) < 4.78 is 24.3. The Labute approximate surface area is 176 Å². The molecule has 155 valence electrons. The first-order valence-electron chi connectivity index (χ1n) is 7.40. The maximum absolute atomic E-state index is 10.9. The van der Waals surface area contributed by atoms with E-state index in [2.05, 4.69) is 24.9 Å². The van der Waals surface area contributed by atoms with Gasteiger partial charge in [-0.3, -0.25) is 14.5 Å². The van der Waals surface area contributed by atoms with Crippen LogP contribution in [-0.4, -0.2) is 55.7 Å². The zero-order valence-electron chi connectivity index (χ0n) is 15.2. The van der Waals surface area contributed by atoms with Gasteiger partial charge in [-0.05, 0) is 19.4 Å². The van der Waals surface area contributed by atoms with Gasteiger partial charge in [-0.25, -0.2) is 4.98 Å². The Kier molecular flexibility index (Phi) is 27.5. The van der Waals surface area contributed by atoms with E-state index in [9.17, 15) is 9.59 Å².